The maximum atomic E-state index is 10.4. The fourth-order valence-electron chi connectivity index (χ4n) is 2.98. The molecule has 0 spiro atoms. The fraction of sp³-hybridized carbons (Fsp3) is 0.333. The van der Waals surface area contributed by atoms with Gasteiger partial charge < -0.3 is 5.11 Å². The molecule has 1 aromatic heterocycles. The van der Waals surface area contributed by atoms with E-state index in [-0.39, 0.29) is 0 Å². The van der Waals surface area contributed by atoms with Crippen molar-refractivity contribution in [3.8, 4) is 16.9 Å². The summed E-state index contributed by atoms with van der Waals surface area (Å²) in [5.74, 6) is 0.345. The minimum atomic E-state index is 0.345. The second-order valence-electron chi connectivity index (χ2n) is 5.74. The van der Waals surface area contributed by atoms with Gasteiger partial charge in [-0.05, 0) is 54.9 Å². The van der Waals surface area contributed by atoms with Gasteiger partial charge >= 0.3 is 0 Å². The molecule has 0 fully saturated rings. The van der Waals surface area contributed by atoms with E-state index in [0.717, 1.165) is 52.9 Å². The van der Waals surface area contributed by atoms with Crippen LogP contribution in [0, 0.1) is 6.92 Å². The van der Waals surface area contributed by atoms with Gasteiger partial charge in [0.1, 0.15) is 16.8 Å². The standard InChI is InChI=1S/C18H22N4O/c1-4-22(5-2)11-14-17(23)9-6-12(3)18(14)13-7-8-15-16(10-13)20-21-19-15/h6-10,23H,4-5,11H2,1-3H3,(H,19,20,21). The van der Waals surface area contributed by atoms with Crippen molar-refractivity contribution in [3.05, 3.63) is 41.5 Å². The molecular formula is C18H22N4O. The van der Waals surface area contributed by atoms with Crippen molar-refractivity contribution >= 4 is 11.0 Å². The molecule has 0 bridgehead atoms. The quantitative estimate of drug-likeness (QED) is 0.757. The van der Waals surface area contributed by atoms with E-state index in [1.165, 1.54) is 0 Å². The lowest BCUT2D eigenvalue weighted by Crippen LogP contribution is -2.22. The van der Waals surface area contributed by atoms with E-state index >= 15 is 0 Å². The molecule has 0 radical (unpaired) electrons. The van der Waals surface area contributed by atoms with Gasteiger partial charge in [0, 0.05) is 12.1 Å². The van der Waals surface area contributed by atoms with Gasteiger partial charge in [0.2, 0.25) is 0 Å². The highest BCUT2D eigenvalue weighted by molar-refractivity contribution is 5.83. The van der Waals surface area contributed by atoms with E-state index in [9.17, 15) is 5.11 Å². The third-order valence-electron chi connectivity index (χ3n) is 4.38. The summed E-state index contributed by atoms with van der Waals surface area (Å²) in [4.78, 5) is 2.30. The molecule has 5 nitrogen and oxygen atoms in total. The van der Waals surface area contributed by atoms with Gasteiger partial charge in [0.25, 0.3) is 0 Å². The number of aromatic amines is 1. The summed E-state index contributed by atoms with van der Waals surface area (Å²) in [5, 5.41) is 21.3. The molecule has 0 aliphatic heterocycles. The number of aromatic nitrogens is 3. The van der Waals surface area contributed by atoms with E-state index in [1.807, 2.05) is 24.3 Å². The molecule has 1 heterocycles. The molecule has 0 atom stereocenters. The average molecular weight is 310 g/mol. The zero-order chi connectivity index (χ0) is 16.4. The van der Waals surface area contributed by atoms with Crippen LogP contribution in [0.4, 0.5) is 0 Å². The zero-order valence-electron chi connectivity index (χ0n) is 13.8. The van der Waals surface area contributed by atoms with Crippen LogP contribution in [-0.2, 0) is 6.54 Å². The number of benzene rings is 2. The fourth-order valence-corrected chi connectivity index (χ4v) is 2.98. The van der Waals surface area contributed by atoms with Gasteiger partial charge in [0.15, 0.2) is 0 Å². The number of H-pyrrole nitrogens is 1. The number of rotatable bonds is 5. The van der Waals surface area contributed by atoms with Crippen LogP contribution in [0.3, 0.4) is 0 Å². The number of fused-ring (bicyclic) bond motifs is 1. The largest absolute Gasteiger partial charge is 0.508 e. The van der Waals surface area contributed by atoms with Crippen LogP contribution < -0.4 is 0 Å². The number of hydrogen-bond acceptors (Lipinski definition) is 4. The van der Waals surface area contributed by atoms with Gasteiger partial charge in [-0.25, -0.2) is 0 Å². The van der Waals surface area contributed by atoms with Crippen LogP contribution in [-0.4, -0.2) is 38.5 Å². The number of aryl methyl sites for hydroxylation is 1. The number of hydrogen-bond donors (Lipinski definition) is 2. The van der Waals surface area contributed by atoms with Crippen LogP contribution in [0.2, 0.25) is 0 Å². The van der Waals surface area contributed by atoms with Gasteiger partial charge in [-0.3, -0.25) is 4.90 Å². The smallest absolute Gasteiger partial charge is 0.120 e. The first-order valence-corrected chi connectivity index (χ1v) is 7.98. The third-order valence-corrected chi connectivity index (χ3v) is 4.38. The highest BCUT2D eigenvalue weighted by Gasteiger charge is 2.16. The van der Waals surface area contributed by atoms with Crippen LogP contribution in [0.5, 0.6) is 5.75 Å². The highest BCUT2D eigenvalue weighted by atomic mass is 16.3. The number of phenolic OH excluding ortho intramolecular Hbond substituents is 1. The molecule has 23 heavy (non-hydrogen) atoms. The lowest BCUT2D eigenvalue weighted by molar-refractivity contribution is 0.291. The molecule has 0 aliphatic carbocycles. The minimum absolute atomic E-state index is 0.345. The summed E-state index contributed by atoms with van der Waals surface area (Å²) in [5.41, 5.74) is 5.93. The second kappa shape index (κ2) is 6.38. The predicted octanol–water partition coefficient (Wildman–Crippen LogP) is 3.48. The molecule has 120 valence electrons. The van der Waals surface area contributed by atoms with E-state index in [2.05, 4.69) is 41.1 Å². The average Bonchev–Trinajstić information content (AvgIpc) is 3.03. The van der Waals surface area contributed by atoms with Crippen molar-refractivity contribution in [2.24, 2.45) is 0 Å². The molecule has 2 aromatic carbocycles. The van der Waals surface area contributed by atoms with Crippen molar-refractivity contribution in [1.29, 1.82) is 0 Å². The van der Waals surface area contributed by atoms with Crippen LogP contribution >= 0.6 is 0 Å². The monoisotopic (exact) mass is 310 g/mol. The normalized spacial score (nSPS) is 11.5. The summed E-state index contributed by atoms with van der Waals surface area (Å²) in [6.45, 7) is 8.98. The Bertz CT molecular complexity index is 821. The van der Waals surface area contributed by atoms with Crippen LogP contribution in [0.1, 0.15) is 25.0 Å². The molecule has 2 N–H and O–H groups in total. The van der Waals surface area contributed by atoms with E-state index in [4.69, 9.17) is 0 Å². The molecule has 0 saturated heterocycles. The number of nitrogens with one attached hydrogen (secondary N) is 1. The van der Waals surface area contributed by atoms with Gasteiger partial charge in [-0.1, -0.05) is 26.0 Å². The summed E-state index contributed by atoms with van der Waals surface area (Å²) in [7, 11) is 0. The number of nitrogens with zero attached hydrogens (tertiary/aromatic N) is 3. The van der Waals surface area contributed by atoms with Gasteiger partial charge in [0.05, 0.1) is 0 Å². The molecule has 0 unspecified atom stereocenters. The van der Waals surface area contributed by atoms with Crippen molar-refractivity contribution in [2.45, 2.75) is 27.3 Å². The Balaban J connectivity index is 2.14. The third kappa shape index (κ3) is 2.92. The molecule has 0 saturated carbocycles. The predicted molar refractivity (Wildman–Crippen MR) is 92.4 cm³/mol. The second-order valence-corrected chi connectivity index (χ2v) is 5.74. The van der Waals surface area contributed by atoms with Crippen LogP contribution in [0.15, 0.2) is 30.3 Å². The first kappa shape index (κ1) is 15.5. The molecule has 3 aromatic rings. The number of aromatic hydroxyl groups is 1. The lowest BCUT2D eigenvalue weighted by Gasteiger charge is -2.22. The van der Waals surface area contributed by atoms with Gasteiger partial charge in [-0.2, -0.15) is 15.4 Å². The summed E-state index contributed by atoms with van der Waals surface area (Å²) < 4.78 is 0. The molecule has 0 aliphatic rings. The maximum Gasteiger partial charge on any atom is 0.120 e. The lowest BCUT2D eigenvalue weighted by atomic mass is 9.93. The summed E-state index contributed by atoms with van der Waals surface area (Å²) in [6.07, 6.45) is 0. The zero-order valence-corrected chi connectivity index (χ0v) is 13.8. The highest BCUT2D eigenvalue weighted by Crippen LogP contribution is 2.35. The SMILES string of the molecule is CCN(CC)Cc1c(O)ccc(C)c1-c1ccc2n[nH]nc2c1. The van der Waals surface area contributed by atoms with Crippen molar-refractivity contribution in [2.75, 3.05) is 13.1 Å². The Morgan fingerprint density at radius 1 is 1.04 bits per heavy atom. The first-order chi connectivity index (χ1) is 11.1. The molecule has 0 amide bonds. The Morgan fingerprint density at radius 3 is 2.52 bits per heavy atom. The maximum absolute atomic E-state index is 10.4. The Morgan fingerprint density at radius 2 is 1.78 bits per heavy atom. The van der Waals surface area contributed by atoms with E-state index in [0.29, 0.717) is 5.75 Å². The minimum Gasteiger partial charge on any atom is -0.508 e. The van der Waals surface area contributed by atoms with Crippen molar-refractivity contribution < 1.29 is 5.11 Å². The van der Waals surface area contributed by atoms with Crippen LogP contribution in [0.25, 0.3) is 22.2 Å². The summed E-state index contributed by atoms with van der Waals surface area (Å²) in [6, 6.07) is 9.76. The van der Waals surface area contributed by atoms with Crippen molar-refractivity contribution in [3.63, 3.8) is 0 Å². The van der Waals surface area contributed by atoms with Gasteiger partial charge in [-0.15, -0.1) is 0 Å². The molecule has 5 heteroatoms. The van der Waals surface area contributed by atoms with E-state index < -0.39 is 0 Å². The Kier molecular flexibility index (Phi) is 4.30. The number of phenols is 1. The molecule has 3 rings (SSSR count). The topological polar surface area (TPSA) is 65.0 Å². The Hall–Kier alpha value is -2.40. The first-order valence-electron chi connectivity index (χ1n) is 7.98. The summed E-state index contributed by atoms with van der Waals surface area (Å²) >= 11 is 0. The van der Waals surface area contributed by atoms with Crippen molar-refractivity contribution in [1.82, 2.24) is 20.3 Å². The van der Waals surface area contributed by atoms with E-state index in [1.54, 1.807) is 6.07 Å². The Labute approximate surface area is 135 Å². The molecular weight excluding hydrogens is 288 g/mol.